The van der Waals surface area contributed by atoms with E-state index in [1.165, 1.54) is 11.8 Å². The van der Waals surface area contributed by atoms with Gasteiger partial charge in [-0.3, -0.25) is 4.79 Å². The summed E-state index contributed by atoms with van der Waals surface area (Å²) in [6.45, 7) is 2.88. The maximum Gasteiger partial charge on any atom is 0.231 e. The van der Waals surface area contributed by atoms with Crippen molar-refractivity contribution in [2.75, 3.05) is 5.75 Å². The van der Waals surface area contributed by atoms with E-state index in [0.717, 1.165) is 48.4 Å². The van der Waals surface area contributed by atoms with E-state index >= 15 is 0 Å². The number of hydrogen-bond donors (Lipinski definition) is 1. The molecule has 3 rings (SSSR count). The molecule has 1 aromatic heterocycles. The van der Waals surface area contributed by atoms with Gasteiger partial charge in [-0.1, -0.05) is 23.9 Å². The second-order valence-corrected chi connectivity index (χ2v) is 6.81. The van der Waals surface area contributed by atoms with E-state index in [2.05, 4.69) is 27.9 Å². The van der Waals surface area contributed by atoms with Crippen LogP contribution in [0, 0.1) is 11.3 Å². The fraction of sp³-hybridized carbons (Fsp3) is 0.471. The molecule has 0 bridgehead atoms. The number of aromatic nitrogens is 2. The third-order valence-electron chi connectivity index (χ3n) is 4.32. The summed E-state index contributed by atoms with van der Waals surface area (Å²) in [6, 6.07) is 10.3. The van der Waals surface area contributed by atoms with Crippen LogP contribution in [-0.2, 0) is 11.3 Å². The Kier molecular flexibility index (Phi) is 4.58. The highest BCUT2D eigenvalue weighted by Gasteiger charge is 2.35. The van der Waals surface area contributed by atoms with Crippen molar-refractivity contribution in [1.82, 2.24) is 14.9 Å². The zero-order chi connectivity index (χ0) is 16.3. The minimum absolute atomic E-state index is 0.0897. The summed E-state index contributed by atoms with van der Waals surface area (Å²) >= 11 is 1.43. The zero-order valence-corrected chi connectivity index (χ0v) is 14.0. The fourth-order valence-corrected chi connectivity index (χ4v) is 4.02. The molecule has 6 heteroatoms. The molecular formula is C17H20N4OS. The predicted octanol–water partition coefficient (Wildman–Crippen LogP) is 3.10. The lowest BCUT2D eigenvalue weighted by atomic mass is 10.0. The van der Waals surface area contributed by atoms with Gasteiger partial charge in [-0.2, -0.15) is 5.26 Å². The van der Waals surface area contributed by atoms with Gasteiger partial charge in [-0.05, 0) is 44.7 Å². The van der Waals surface area contributed by atoms with Crippen LogP contribution in [0.4, 0.5) is 0 Å². The van der Waals surface area contributed by atoms with Gasteiger partial charge in [0.15, 0.2) is 5.16 Å². The second-order valence-electron chi connectivity index (χ2n) is 5.87. The Labute approximate surface area is 140 Å². The number of para-hydroxylation sites is 2. The normalized spacial score (nSPS) is 16.3. The fourth-order valence-electron chi connectivity index (χ4n) is 3.15. The number of amides is 1. The van der Waals surface area contributed by atoms with Crippen molar-refractivity contribution in [3.63, 3.8) is 0 Å². The Balaban J connectivity index is 1.68. The average molecular weight is 328 g/mol. The molecule has 0 radical (unpaired) electrons. The number of imidazole rings is 1. The van der Waals surface area contributed by atoms with Gasteiger partial charge in [0.05, 0.1) is 22.9 Å². The molecule has 1 N–H and O–H groups in total. The van der Waals surface area contributed by atoms with Crippen LogP contribution in [0.1, 0.15) is 32.6 Å². The van der Waals surface area contributed by atoms with Crippen LogP contribution < -0.4 is 5.32 Å². The number of fused-ring (bicyclic) bond motifs is 1. The minimum atomic E-state index is -0.650. The van der Waals surface area contributed by atoms with Crippen LogP contribution in [0.2, 0.25) is 0 Å². The van der Waals surface area contributed by atoms with E-state index in [0.29, 0.717) is 0 Å². The number of benzene rings is 1. The van der Waals surface area contributed by atoms with Crippen molar-refractivity contribution in [2.24, 2.45) is 0 Å². The number of aryl methyl sites for hydroxylation is 1. The second kappa shape index (κ2) is 6.63. The van der Waals surface area contributed by atoms with Crippen LogP contribution in [-0.4, -0.2) is 26.8 Å². The maximum atomic E-state index is 12.2. The van der Waals surface area contributed by atoms with Gasteiger partial charge in [0.25, 0.3) is 0 Å². The van der Waals surface area contributed by atoms with Crippen LogP contribution in [0.15, 0.2) is 29.4 Å². The molecule has 1 fully saturated rings. The van der Waals surface area contributed by atoms with Crippen molar-refractivity contribution >= 4 is 28.7 Å². The number of carbonyl (C=O) groups excluding carboxylic acids is 1. The zero-order valence-electron chi connectivity index (χ0n) is 13.2. The summed E-state index contributed by atoms with van der Waals surface area (Å²) in [7, 11) is 0. The quantitative estimate of drug-likeness (QED) is 0.856. The smallest absolute Gasteiger partial charge is 0.231 e. The summed E-state index contributed by atoms with van der Waals surface area (Å²) < 4.78 is 2.11. The number of nitriles is 1. The highest BCUT2D eigenvalue weighted by Crippen LogP contribution is 2.29. The number of carbonyl (C=O) groups is 1. The summed E-state index contributed by atoms with van der Waals surface area (Å²) in [5.74, 6) is 0.195. The molecule has 0 atom stereocenters. The van der Waals surface area contributed by atoms with Crippen LogP contribution in [0.25, 0.3) is 11.0 Å². The van der Waals surface area contributed by atoms with Crippen LogP contribution >= 0.6 is 11.8 Å². The number of rotatable bonds is 5. The summed E-state index contributed by atoms with van der Waals surface area (Å²) in [5, 5.41) is 13.1. The Bertz CT molecular complexity index is 756. The number of thioether (sulfide) groups is 1. The Morgan fingerprint density at radius 3 is 2.87 bits per heavy atom. The summed E-state index contributed by atoms with van der Waals surface area (Å²) in [4.78, 5) is 16.8. The molecule has 120 valence electrons. The molecule has 1 aliphatic carbocycles. The third kappa shape index (κ3) is 3.20. The van der Waals surface area contributed by atoms with Gasteiger partial charge < -0.3 is 9.88 Å². The lowest BCUT2D eigenvalue weighted by Gasteiger charge is -2.21. The molecule has 0 saturated heterocycles. The first-order chi connectivity index (χ1) is 11.2. The molecule has 1 saturated carbocycles. The van der Waals surface area contributed by atoms with Gasteiger partial charge >= 0.3 is 0 Å². The van der Waals surface area contributed by atoms with Gasteiger partial charge in [0.2, 0.25) is 5.91 Å². The lowest BCUT2D eigenvalue weighted by molar-refractivity contribution is -0.119. The summed E-state index contributed by atoms with van der Waals surface area (Å²) in [6.07, 6.45) is 3.53. The number of nitrogens with one attached hydrogen (secondary N) is 1. The number of nitrogens with zero attached hydrogens (tertiary/aromatic N) is 3. The van der Waals surface area contributed by atoms with Crippen LogP contribution in [0.3, 0.4) is 0 Å². The first-order valence-corrected chi connectivity index (χ1v) is 8.96. The van der Waals surface area contributed by atoms with Crippen molar-refractivity contribution in [2.45, 2.75) is 49.8 Å². The van der Waals surface area contributed by atoms with E-state index in [4.69, 9.17) is 0 Å². The maximum absolute atomic E-state index is 12.2. The highest BCUT2D eigenvalue weighted by molar-refractivity contribution is 7.99. The van der Waals surface area contributed by atoms with Crippen molar-refractivity contribution in [3.05, 3.63) is 24.3 Å². The molecule has 1 aromatic carbocycles. The standard InChI is InChI=1S/C17H20N4OS/c1-2-21-14-8-4-3-7-13(14)19-16(21)23-11-15(22)20-17(12-18)9-5-6-10-17/h3-4,7-8H,2,5-6,9-11H2,1H3,(H,20,22). The molecule has 0 aliphatic heterocycles. The van der Waals surface area contributed by atoms with E-state index in [-0.39, 0.29) is 11.7 Å². The van der Waals surface area contributed by atoms with E-state index in [1.807, 2.05) is 24.3 Å². The minimum Gasteiger partial charge on any atom is -0.337 e. The molecule has 0 unspecified atom stereocenters. The third-order valence-corrected chi connectivity index (χ3v) is 5.29. The van der Waals surface area contributed by atoms with Crippen molar-refractivity contribution in [3.8, 4) is 6.07 Å². The number of hydrogen-bond acceptors (Lipinski definition) is 4. The molecule has 5 nitrogen and oxygen atoms in total. The molecule has 1 amide bonds. The molecule has 23 heavy (non-hydrogen) atoms. The SMILES string of the molecule is CCn1c(SCC(=O)NC2(C#N)CCCC2)nc2ccccc21. The van der Waals surface area contributed by atoms with Crippen LogP contribution in [0.5, 0.6) is 0 Å². The van der Waals surface area contributed by atoms with E-state index in [9.17, 15) is 10.1 Å². The van der Waals surface area contributed by atoms with Gasteiger partial charge in [0, 0.05) is 6.54 Å². The van der Waals surface area contributed by atoms with Crippen molar-refractivity contribution < 1.29 is 4.79 Å². The molecule has 1 aliphatic rings. The van der Waals surface area contributed by atoms with E-state index < -0.39 is 5.54 Å². The first-order valence-electron chi connectivity index (χ1n) is 7.98. The summed E-state index contributed by atoms with van der Waals surface area (Å²) in [5.41, 5.74) is 1.38. The molecule has 1 heterocycles. The topological polar surface area (TPSA) is 70.7 Å². The molecule has 0 spiro atoms. The predicted molar refractivity (Wildman–Crippen MR) is 91.1 cm³/mol. The van der Waals surface area contributed by atoms with E-state index in [1.54, 1.807) is 0 Å². The largest absolute Gasteiger partial charge is 0.337 e. The van der Waals surface area contributed by atoms with Gasteiger partial charge in [-0.25, -0.2) is 4.98 Å². The Morgan fingerprint density at radius 1 is 1.43 bits per heavy atom. The molecular weight excluding hydrogens is 308 g/mol. The van der Waals surface area contributed by atoms with Gasteiger partial charge in [0.1, 0.15) is 5.54 Å². The van der Waals surface area contributed by atoms with Gasteiger partial charge in [-0.15, -0.1) is 0 Å². The molecule has 2 aromatic rings. The Morgan fingerprint density at radius 2 is 2.17 bits per heavy atom. The highest BCUT2D eigenvalue weighted by atomic mass is 32.2. The lowest BCUT2D eigenvalue weighted by Crippen LogP contribution is -2.45. The monoisotopic (exact) mass is 328 g/mol. The average Bonchev–Trinajstić information content (AvgIpc) is 3.17. The Hall–Kier alpha value is -2.00. The first kappa shape index (κ1) is 15.9. The van der Waals surface area contributed by atoms with Crippen molar-refractivity contribution in [1.29, 1.82) is 5.26 Å².